The lowest BCUT2D eigenvalue weighted by molar-refractivity contribution is -0.121. The van der Waals surface area contributed by atoms with Crippen molar-refractivity contribution < 1.29 is 4.79 Å². The number of rotatable bonds is 7. The van der Waals surface area contributed by atoms with Gasteiger partial charge in [0.05, 0.1) is 0 Å². The molecule has 0 aliphatic heterocycles. The van der Waals surface area contributed by atoms with Crippen LogP contribution in [0.3, 0.4) is 0 Å². The summed E-state index contributed by atoms with van der Waals surface area (Å²) in [5.41, 5.74) is 1.56. The Morgan fingerprint density at radius 3 is 2.76 bits per heavy atom. The van der Waals surface area contributed by atoms with Crippen LogP contribution in [0.5, 0.6) is 0 Å². The number of aryl methyl sites for hydroxylation is 2. The first-order valence-corrected chi connectivity index (χ1v) is 8.99. The first-order valence-electron chi connectivity index (χ1n) is 8.18. The van der Waals surface area contributed by atoms with Crippen LogP contribution < -0.4 is 10.6 Å². The standard InChI is InChI=1S/C17H28N2OS/c1-12(2)11-19-17(20)8-9-18-13(3)16-10-14-6-4-5-7-15(14)21-16/h10,12-13,18H,4-9,11H2,1-3H3,(H,19,20). The van der Waals surface area contributed by atoms with E-state index in [1.165, 1.54) is 30.6 Å². The molecule has 0 aromatic carbocycles. The number of amides is 1. The SMILES string of the molecule is CC(C)CNC(=O)CCNC(C)c1cc2c(s1)CCCC2. The normalized spacial score (nSPS) is 15.8. The Labute approximate surface area is 132 Å². The lowest BCUT2D eigenvalue weighted by Gasteiger charge is -2.12. The van der Waals surface area contributed by atoms with Gasteiger partial charge in [-0.3, -0.25) is 4.79 Å². The van der Waals surface area contributed by atoms with Gasteiger partial charge in [-0.25, -0.2) is 0 Å². The first-order chi connectivity index (χ1) is 10.1. The van der Waals surface area contributed by atoms with E-state index in [0.29, 0.717) is 18.4 Å². The van der Waals surface area contributed by atoms with Crippen LogP contribution in [0.4, 0.5) is 0 Å². The molecule has 2 N–H and O–H groups in total. The van der Waals surface area contributed by atoms with Gasteiger partial charge >= 0.3 is 0 Å². The van der Waals surface area contributed by atoms with Crippen LogP contribution >= 0.6 is 11.3 Å². The van der Waals surface area contributed by atoms with Crippen LogP contribution in [0.25, 0.3) is 0 Å². The van der Waals surface area contributed by atoms with E-state index in [2.05, 4.69) is 37.5 Å². The van der Waals surface area contributed by atoms with Gasteiger partial charge in [-0.05, 0) is 50.2 Å². The third-order valence-corrected chi connectivity index (χ3v) is 5.37. The average molecular weight is 308 g/mol. The zero-order valence-corrected chi connectivity index (χ0v) is 14.3. The molecule has 1 amide bonds. The van der Waals surface area contributed by atoms with E-state index in [1.54, 1.807) is 10.4 Å². The van der Waals surface area contributed by atoms with E-state index in [0.717, 1.165) is 13.1 Å². The molecule has 1 aromatic rings. The molecule has 0 bridgehead atoms. The lowest BCUT2D eigenvalue weighted by atomic mass is 9.99. The maximum atomic E-state index is 11.7. The summed E-state index contributed by atoms with van der Waals surface area (Å²) in [6.45, 7) is 7.93. The van der Waals surface area contributed by atoms with Crippen LogP contribution in [0.2, 0.25) is 0 Å². The van der Waals surface area contributed by atoms with Crippen molar-refractivity contribution in [1.82, 2.24) is 10.6 Å². The Morgan fingerprint density at radius 2 is 2.05 bits per heavy atom. The molecular formula is C17H28N2OS. The van der Waals surface area contributed by atoms with Gasteiger partial charge < -0.3 is 10.6 Å². The van der Waals surface area contributed by atoms with Gasteiger partial charge in [0.15, 0.2) is 0 Å². The number of nitrogens with one attached hydrogen (secondary N) is 2. The Hall–Kier alpha value is -0.870. The molecule has 2 rings (SSSR count). The van der Waals surface area contributed by atoms with Gasteiger partial charge in [0, 0.05) is 35.3 Å². The lowest BCUT2D eigenvalue weighted by Crippen LogP contribution is -2.30. The predicted octanol–water partition coefficient (Wildman–Crippen LogP) is 3.44. The number of carbonyl (C=O) groups is 1. The number of hydrogen-bond acceptors (Lipinski definition) is 3. The molecular weight excluding hydrogens is 280 g/mol. The van der Waals surface area contributed by atoms with Crippen LogP contribution in [-0.2, 0) is 17.6 Å². The van der Waals surface area contributed by atoms with Gasteiger partial charge in [-0.15, -0.1) is 11.3 Å². The average Bonchev–Trinajstić information content (AvgIpc) is 2.89. The Morgan fingerprint density at radius 1 is 1.29 bits per heavy atom. The van der Waals surface area contributed by atoms with E-state index < -0.39 is 0 Å². The predicted molar refractivity (Wildman–Crippen MR) is 89.8 cm³/mol. The molecule has 1 unspecified atom stereocenters. The van der Waals surface area contributed by atoms with Crippen molar-refractivity contribution in [2.75, 3.05) is 13.1 Å². The summed E-state index contributed by atoms with van der Waals surface area (Å²) >= 11 is 1.95. The highest BCUT2D eigenvalue weighted by molar-refractivity contribution is 7.12. The third kappa shape index (κ3) is 5.11. The van der Waals surface area contributed by atoms with E-state index in [9.17, 15) is 4.79 Å². The monoisotopic (exact) mass is 308 g/mol. The van der Waals surface area contributed by atoms with Crippen LogP contribution in [0, 0.1) is 5.92 Å². The minimum Gasteiger partial charge on any atom is -0.356 e. The Kier molecular flexibility index (Phi) is 6.24. The molecule has 1 aliphatic rings. The molecule has 0 saturated heterocycles. The first kappa shape index (κ1) is 16.5. The summed E-state index contributed by atoms with van der Waals surface area (Å²) < 4.78 is 0. The maximum absolute atomic E-state index is 11.7. The number of hydrogen-bond donors (Lipinski definition) is 2. The van der Waals surface area contributed by atoms with E-state index in [-0.39, 0.29) is 5.91 Å². The summed E-state index contributed by atoms with van der Waals surface area (Å²) in [5.74, 6) is 0.659. The summed E-state index contributed by atoms with van der Waals surface area (Å²) in [4.78, 5) is 14.7. The molecule has 118 valence electrons. The molecule has 0 radical (unpaired) electrons. The van der Waals surface area contributed by atoms with E-state index in [4.69, 9.17) is 0 Å². The van der Waals surface area contributed by atoms with Crippen LogP contribution in [0.1, 0.15) is 61.4 Å². The molecule has 1 heterocycles. The zero-order chi connectivity index (χ0) is 15.2. The minimum absolute atomic E-state index is 0.147. The van der Waals surface area contributed by atoms with Crippen molar-refractivity contribution in [1.29, 1.82) is 0 Å². The fourth-order valence-electron chi connectivity index (χ4n) is 2.64. The van der Waals surface area contributed by atoms with Crippen LogP contribution in [0.15, 0.2) is 6.07 Å². The van der Waals surface area contributed by atoms with Crippen molar-refractivity contribution in [3.8, 4) is 0 Å². The summed E-state index contributed by atoms with van der Waals surface area (Å²) in [6.07, 6.45) is 5.73. The fourth-order valence-corrected chi connectivity index (χ4v) is 3.92. The minimum atomic E-state index is 0.147. The highest BCUT2D eigenvalue weighted by Crippen LogP contribution is 2.32. The van der Waals surface area contributed by atoms with Crippen molar-refractivity contribution in [2.45, 2.75) is 58.9 Å². The highest BCUT2D eigenvalue weighted by Gasteiger charge is 2.16. The van der Waals surface area contributed by atoms with Gasteiger partial charge in [0.2, 0.25) is 5.91 Å². The van der Waals surface area contributed by atoms with Crippen LogP contribution in [-0.4, -0.2) is 19.0 Å². The molecule has 1 atom stereocenters. The highest BCUT2D eigenvalue weighted by atomic mass is 32.1. The molecule has 4 heteroatoms. The molecule has 0 fully saturated rings. The number of carbonyl (C=O) groups excluding carboxylic acids is 1. The van der Waals surface area contributed by atoms with Crippen molar-refractivity contribution >= 4 is 17.2 Å². The summed E-state index contributed by atoms with van der Waals surface area (Å²) in [5, 5.41) is 6.44. The quantitative estimate of drug-likeness (QED) is 0.810. The van der Waals surface area contributed by atoms with Crippen molar-refractivity contribution in [3.05, 3.63) is 21.4 Å². The largest absolute Gasteiger partial charge is 0.356 e. The van der Waals surface area contributed by atoms with E-state index >= 15 is 0 Å². The Bertz CT molecular complexity index is 444. The second-order valence-corrected chi connectivity index (χ2v) is 7.60. The van der Waals surface area contributed by atoms with Crippen molar-refractivity contribution in [2.24, 2.45) is 5.92 Å². The smallest absolute Gasteiger partial charge is 0.221 e. The second kappa shape index (κ2) is 7.95. The third-order valence-electron chi connectivity index (χ3n) is 3.95. The van der Waals surface area contributed by atoms with Gasteiger partial charge in [-0.1, -0.05) is 13.8 Å². The van der Waals surface area contributed by atoms with E-state index in [1.807, 2.05) is 11.3 Å². The second-order valence-electron chi connectivity index (χ2n) is 6.43. The molecule has 0 saturated carbocycles. The molecule has 0 spiro atoms. The molecule has 21 heavy (non-hydrogen) atoms. The van der Waals surface area contributed by atoms with Gasteiger partial charge in [0.25, 0.3) is 0 Å². The maximum Gasteiger partial charge on any atom is 0.221 e. The van der Waals surface area contributed by atoms with Crippen molar-refractivity contribution in [3.63, 3.8) is 0 Å². The molecule has 1 aromatic heterocycles. The topological polar surface area (TPSA) is 41.1 Å². The summed E-state index contributed by atoms with van der Waals surface area (Å²) in [7, 11) is 0. The van der Waals surface area contributed by atoms with Gasteiger partial charge in [-0.2, -0.15) is 0 Å². The van der Waals surface area contributed by atoms with Gasteiger partial charge in [0.1, 0.15) is 0 Å². The fraction of sp³-hybridized carbons (Fsp3) is 0.706. The molecule has 1 aliphatic carbocycles. The zero-order valence-electron chi connectivity index (χ0n) is 13.5. The Balaban J connectivity index is 1.73. The number of fused-ring (bicyclic) bond motifs is 1. The summed E-state index contributed by atoms with van der Waals surface area (Å²) in [6, 6.07) is 2.72. The number of thiophene rings is 1. The molecule has 3 nitrogen and oxygen atoms in total.